The van der Waals surface area contributed by atoms with E-state index < -0.39 is 0 Å². The first-order valence-electron chi connectivity index (χ1n) is 7.14. The van der Waals surface area contributed by atoms with Crippen LogP contribution >= 0.6 is 0 Å². The molecule has 3 N–H and O–H groups in total. The average molecular weight is 273 g/mol. The minimum absolute atomic E-state index is 0.0118. The Morgan fingerprint density at radius 1 is 1.25 bits per heavy atom. The zero-order valence-electron chi connectivity index (χ0n) is 11.3. The SMILES string of the molecule is NCc1cccc(N2C(=O)NC3CCCCC3C2=O)c1. The van der Waals surface area contributed by atoms with Crippen LogP contribution in [0.3, 0.4) is 0 Å². The topological polar surface area (TPSA) is 75.4 Å². The number of nitrogens with one attached hydrogen (secondary N) is 1. The zero-order chi connectivity index (χ0) is 14.1. The molecule has 2 fully saturated rings. The van der Waals surface area contributed by atoms with Crippen molar-refractivity contribution in [3.05, 3.63) is 29.8 Å². The van der Waals surface area contributed by atoms with E-state index in [1.807, 2.05) is 12.1 Å². The predicted octanol–water partition coefficient (Wildman–Crippen LogP) is 1.76. The summed E-state index contributed by atoms with van der Waals surface area (Å²) in [6.45, 7) is 0.392. The Kier molecular flexibility index (Phi) is 3.44. The van der Waals surface area contributed by atoms with Gasteiger partial charge in [-0.05, 0) is 30.5 Å². The maximum atomic E-state index is 12.6. The molecule has 1 saturated heterocycles. The minimum atomic E-state index is -0.313. The van der Waals surface area contributed by atoms with Gasteiger partial charge in [0.05, 0.1) is 11.6 Å². The molecule has 3 amide bonds. The molecule has 20 heavy (non-hydrogen) atoms. The first kappa shape index (κ1) is 13.1. The van der Waals surface area contributed by atoms with Gasteiger partial charge in [-0.1, -0.05) is 25.0 Å². The van der Waals surface area contributed by atoms with Gasteiger partial charge in [-0.15, -0.1) is 0 Å². The largest absolute Gasteiger partial charge is 0.334 e. The summed E-state index contributed by atoms with van der Waals surface area (Å²) in [4.78, 5) is 26.1. The predicted molar refractivity (Wildman–Crippen MR) is 76.1 cm³/mol. The Morgan fingerprint density at radius 2 is 2.05 bits per heavy atom. The number of benzene rings is 1. The van der Waals surface area contributed by atoms with E-state index >= 15 is 0 Å². The molecule has 1 aliphatic heterocycles. The van der Waals surface area contributed by atoms with Gasteiger partial charge in [0.25, 0.3) is 0 Å². The molecule has 5 nitrogen and oxygen atoms in total. The highest BCUT2D eigenvalue weighted by atomic mass is 16.2. The lowest BCUT2D eigenvalue weighted by Crippen LogP contribution is -2.61. The highest BCUT2D eigenvalue weighted by molar-refractivity contribution is 6.17. The Balaban J connectivity index is 1.91. The van der Waals surface area contributed by atoms with Crippen LogP contribution in [0, 0.1) is 5.92 Å². The van der Waals surface area contributed by atoms with Crippen LogP contribution in [0.25, 0.3) is 0 Å². The smallest absolute Gasteiger partial charge is 0.328 e. The minimum Gasteiger partial charge on any atom is -0.334 e. The zero-order valence-corrected chi connectivity index (χ0v) is 11.3. The molecule has 1 heterocycles. The van der Waals surface area contributed by atoms with Crippen LogP contribution in [0.1, 0.15) is 31.2 Å². The molecule has 1 aliphatic carbocycles. The fourth-order valence-electron chi connectivity index (χ4n) is 3.16. The molecule has 2 aliphatic rings. The maximum absolute atomic E-state index is 12.6. The molecule has 0 aromatic heterocycles. The third-order valence-corrected chi connectivity index (χ3v) is 4.22. The summed E-state index contributed by atoms with van der Waals surface area (Å²) in [5, 5.41) is 2.97. The fourth-order valence-corrected chi connectivity index (χ4v) is 3.16. The molecule has 0 radical (unpaired) electrons. The van der Waals surface area contributed by atoms with Crippen molar-refractivity contribution < 1.29 is 9.59 Å². The van der Waals surface area contributed by atoms with Crippen molar-refractivity contribution in [3.8, 4) is 0 Å². The summed E-state index contributed by atoms with van der Waals surface area (Å²) in [5.41, 5.74) is 7.14. The van der Waals surface area contributed by atoms with Crippen LogP contribution in [0.15, 0.2) is 24.3 Å². The number of imide groups is 1. The van der Waals surface area contributed by atoms with E-state index in [4.69, 9.17) is 5.73 Å². The number of carbonyl (C=O) groups excluding carboxylic acids is 2. The second-order valence-corrected chi connectivity index (χ2v) is 5.49. The molecule has 2 unspecified atom stereocenters. The summed E-state index contributed by atoms with van der Waals surface area (Å²) >= 11 is 0. The normalized spacial score (nSPS) is 26.1. The quantitative estimate of drug-likeness (QED) is 0.862. The van der Waals surface area contributed by atoms with E-state index in [-0.39, 0.29) is 23.9 Å². The third-order valence-electron chi connectivity index (χ3n) is 4.22. The van der Waals surface area contributed by atoms with Gasteiger partial charge in [0.15, 0.2) is 0 Å². The molecular formula is C15H19N3O2. The monoisotopic (exact) mass is 273 g/mol. The summed E-state index contributed by atoms with van der Waals surface area (Å²) in [6.07, 6.45) is 3.90. The van der Waals surface area contributed by atoms with Crippen LogP contribution in [-0.4, -0.2) is 18.0 Å². The highest BCUT2D eigenvalue weighted by Gasteiger charge is 2.42. The second-order valence-electron chi connectivity index (χ2n) is 5.49. The van der Waals surface area contributed by atoms with Crippen molar-refractivity contribution in [1.29, 1.82) is 0 Å². The molecule has 1 saturated carbocycles. The number of anilines is 1. The van der Waals surface area contributed by atoms with Crippen LogP contribution in [0.2, 0.25) is 0 Å². The number of nitrogens with two attached hydrogens (primary N) is 1. The van der Waals surface area contributed by atoms with Gasteiger partial charge in [-0.3, -0.25) is 4.79 Å². The molecule has 3 rings (SSSR count). The Morgan fingerprint density at radius 3 is 2.85 bits per heavy atom. The molecule has 1 aromatic rings. The molecule has 5 heteroatoms. The van der Waals surface area contributed by atoms with Crippen molar-refractivity contribution in [2.75, 3.05) is 4.90 Å². The fraction of sp³-hybridized carbons (Fsp3) is 0.467. The van der Waals surface area contributed by atoms with Gasteiger partial charge in [0.1, 0.15) is 0 Å². The number of urea groups is 1. The van der Waals surface area contributed by atoms with Crippen LogP contribution in [0.4, 0.5) is 10.5 Å². The summed E-state index contributed by atoms with van der Waals surface area (Å²) in [7, 11) is 0. The van der Waals surface area contributed by atoms with Crippen molar-refractivity contribution >= 4 is 17.6 Å². The number of hydrogen-bond acceptors (Lipinski definition) is 3. The highest BCUT2D eigenvalue weighted by Crippen LogP contribution is 2.31. The lowest BCUT2D eigenvalue weighted by atomic mass is 9.82. The first-order valence-corrected chi connectivity index (χ1v) is 7.14. The number of amides is 3. The molecule has 0 spiro atoms. The standard InChI is InChI=1S/C15H19N3O2/c16-9-10-4-3-5-11(8-10)18-14(19)12-6-1-2-7-13(12)17-15(18)20/h3-5,8,12-13H,1-2,6-7,9,16H2,(H,17,20). The number of fused-ring (bicyclic) bond motifs is 1. The maximum Gasteiger partial charge on any atom is 0.328 e. The van der Waals surface area contributed by atoms with Crippen LogP contribution in [-0.2, 0) is 11.3 Å². The van der Waals surface area contributed by atoms with Crippen molar-refractivity contribution in [1.82, 2.24) is 5.32 Å². The molecule has 1 aromatic carbocycles. The lowest BCUT2D eigenvalue weighted by molar-refractivity contribution is -0.124. The molecular weight excluding hydrogens is 254 g/mol. The van der Waals surface area contributed by atoms with Gasteiger partial charge in [-0.25, -0.2) is 9.69 Å². The second kappa shape index (κ2) is 5.25. The summed E-state index contributed by atoms with van der Waals surface area (Å²) in [5.74, 6) is -0.157. The third kappa shape index (κ3) is 2.18. The molecule has 2 atom stereocenters. The van der Waals surface area contributed by atoms with Crippen LogP contribution < -0.4 is 16.0 Å². The number of rotatable bonds is 2. The van der Waals surface area contributed by atoms with Crippen molar-refractivity contribution in [3.63, 3.8) is 0 Å². The van der Waals surface area contributed by atoms with E-state index in [1.165, 1.54) is 4.90 Å². The first-order chi connectivity index (χ1) is 9.70. The van der Waals surface area contributed by atoms with Crippen LogP contribution in [0.5, 0.6) is 0 Å². The van der Waals surface area contributed by atoms with Gasteiger partial charge < -0.3 is 11.1 Å². The van der Waals surface area contributed by atoms with Gasteiger partial charge in [-0.2, -0.15) is 0 Å². The van der Waals surface area contributed by atoms with Gasteiger partial charge in [0.2, 0.25) is 5.91 Å². The number of carbonyl (C=O) groups is 2. The summed E-state index contributed by atoms with van der Waals surface area (Å²) < 4.78 is 0. The van der Waals surface area contributed by atoms with E-state index in [1.54, 1.807) is 12.1 Å². The lowest BCUT2D eigenvalue weighted by Gasteiger charge is -2.39. The van der Waals surface area contributed by atoms with Crippen molar-refractivity contribution in [2.45, 2.75) is 38.3 Å². The Bertz CT molecular complexity index is 544. The summed E-state index contributed by atoms with van der Waals surface area (Å²) in [6, 6.07) is 7.00. The van der Waals surface area contributed by atoms with E-state index in [0.717, 1.165) is 31.2 Å². The number of nitrogens with zero attached hydrogens (tertiary/aromatic N) is 1. The molecule has 106 valence electrons. The van der Waals surface area contributed by atoms with Gasteiger partial charge >= 0.3 is 6.03 Å². The van der Waals surface area contributed by atoms with E-state index in [2.05, 4.69) is 5.32 Å². The average Bonchev–Trinajstić information content (AvgIpc) is 2.47. The molecule has 0 bridgehead atoms. The number of hydrogen-bond donors (Lipinski definition) is 2. The van der Waals surface area contributed by atoms with Crippen molar-refractivity contribution in [2.24, 2.45) is 11.7 Å². The van der Waals surface area contributed by atoms with E-state index in [9.17, 15) is 9.59 Å². The van der Waals surface area contributed by atoms with Gasteiger partial charge in [0, 0.05) is 12.6 Å². The Hall–Kier alpha value is -1.88. The Labute approximate surface area is 118 Å². The van der Waals surface area contributed by atoms with E-state index in [0.29, 0.717) is 12.2 Å².